The van der Waals surface area contributed by atoms with Crippen molar-refractivity contribution in [2.45, 2.75) is 26.1 Å². The van der Waals surface area contributed by atoms with Crippen molar-refractivity contribution in [1.82, 2.24) is 29.9 Å². The first kappa shape index (κ1) is 15.1. The maximum Gasteiger partial charge on any atom is 0.433 e. The Morgan fingerprint density at radius 2 is 1.96 bits per heavy atom. The van der Waals surface area contributed by atoms with E-state index >= 15 is 0 Å². The molecule has 0 aliphatic carbocycles. The summed E-state index contributed by atoms with van der Waals surface area (Å²) in [5, 5.41) is 7.43. The third kappa shape index (κ3) is 2.79. The van der Waals surface area contributed by atoms with Crippen molar-refractivity contribution < 1.29 is 17.7 Å². The molecule has 0 saturated carbocycles. The summed E-state index contributed by atoms with van der Waals surface area (Å²) in [6.07, 6.45) is 0.729. The van der Waals surface area contributed by atoms with Gasteiger partial charge in [-0.2, -0.15) is 23.3 Å². The van der Waals surface area contributed by atoms with Crippen LogP contribution in [0.2, 0.25) is 0 Å². The number of hydrogen-bond acceptors (Lipinski definition) is 6. The number of nitrogens with zero attached hydrogens (tertiary/aromatic N) is 6. The molecule has 3 heterocycles. The van der Waals surface area contributed by atoms with Crippen LogP contribution in [0.3, 0.4) is 0 Å². The topological polar surface area (TPSA) is 82.5 Å². The molecule has 7 nitrogen and oxygen atoms in total. The van der Waals surface area contributed by atoms with Crippen molar-refractivity contribution in [1.29, 1.82) is 0 Å². The van der Waals surface area contributed by atoms with Gasteiger partial charge in [-0.15, -0.1) is 0 Å². The monoisotopic (exact) mass is 324 g/mol. The van der Waals surface area contributed by atoms with E-state index in [0.717, 1.165) is 10.9 Å². The second-order valence-electron chi connectivity index (χ2n) is 4.96. The second kappa shape index (κ2) is 5.45. The van der Waals surface area contributed by atoms with E-state index in [1.807, 2.05) is 0 Å². The van der Waals surface area contributed by atoms with E-state index in [1.165, 1.54) is 18.6 Å². The molecule has 120 valence electrons. The Balaban J connectivity index is 2.08. The number of aromatic nitrogens is 6. The number of halogens is 3. The molecule has 3 rings (SSSR count). The lowest BCUT2D eigenvalue weighted by Crippen LogP contribution is -2.17. The van der Waals surface area contributed by atoms with Gasteiger partial charge in [-0.3, -0.25) is 9.67 Å². The zero-order valence-electron chi connectivity index (χ0n) is 12.1. The van der Waals surface area contributed by atoms with Gasteiger partial charge in [0.25, 0.3) is 5.89 Å². The predicted octanol–water partition coefficient (Wildman–Crippen LogP) is 2.99. The summed E-state index contributed by atoms with van der Waals surface area (Å²) in [5.41, 5.74) is -0.900. The molecule has 0 saturated heterocycles. The van der Waals surface area contributed by atoms with Gasteiger partial charge < -0.3 is 4.52 Å². The molecule has 0 aliphatic rings. The van der Waals surface area contributed by atoms with Crippen LogP contribution >= 0.6 is 0 Å². The standard InChI is InChI=1S/C13H11F3N6O/c1-7(2)22-10(13(14,15)16)8(5-19-22)12-20-11(21-23-12)9-6-17-3-4-18-9/h3-7H,1-2H3. The average molecular weight is 324 g/mol. The van der Waals surface area contributed by atoms with Crippen LogP contribution in [0, 0.1) is 0 Å². The Bertz CT molecular complexity index is 809. The van der Waals surface area contributed by atoms with E-state index in [0.29, 0.717) is 5.69 Å². The van der Waals surface area contributed by atoms with Crippen LogP contribution < -0.4 is 0 Å². The molecule has 0 unspecified atom stereocenters. The molecule has 3 aromatic heterocycles. The fraction of sp³-hybridized carbons (Fsp3) is 0.308. The Labute approximate surface area is 128 Å². The maximum atomic E-state index is 13.3. The van der Waals surface area contributed by atoms with Gasteiger partial charge in [-0.25, -0.2) is 4.98 Å². The molecular formula is C13H11F3N6O. The molecule has 0 aliphatic heterocycles. The zero-order chi connectivity index (χ0) is 16.6. The van der Waals surface area contributed by atoms with Crippen LogP contribution in [0.5, 0.6) is 0 Å². The first-order valence-corrected chi connectivity index (χ1v) is 6.63. The number of rotatable bonds is 3. The van der Waals surface area contributed by atoms with Gasteiger partial charge in [-0.05, 0) is 13.8 Å². The fourth-order valence-electron chi connectivity index (χ4n) is 2.04. The van der Waals surface area contributed by atoms with E-state index in [2.05, 4.69) is 25.2 Å². The van der Waals surface area contributed by atoms with Crippen molar-refractivity contribution in [3.8, 4) is 23.0 Å². The SMILES string of the molecule is CC(C)n1ncc(-c2nc(-c3cnccn3)no2)c1C(F)(F)F. The first-order chi connectivity index (χ1) is 10.9. The molecule has 3 aromatic rings. The van der Waals surface area contributed by atoms with Crippen molar-refractivity contribution in [2.24, 2.45) is 0 Å². The molecule has 0 fully saturated rings. The zero-order valence-corrected chi connectivity index (χ0v) is 12.1. The lowest BCUT2D eigenvalue weighted by molar-refractivity contribution is -0.144. The van der Waals surface area contributed by atoms with Crippen molar-refractivity contribution in [3.05, 3.63) is 30.5 Å². The molecule has 0 spiro atoms. The Kier molecular flexibility index (Phi) is 3.58. The summed E-state index contributed by atoms with van der Waals surface area (Å²) in [5.74, 6) is -0.219. The van der Waals surface area contributed by atoms with Crippen molar-refractivity contribution in [3.63, 3.8) is 0 Å². The van der Waals surface area contributed by atoms with Crippen LogP contribution in [0.25, 0.3) is 23.0 Å². The summed E-state index contributed by atoms with van der Waals surface area (Å²) >= 11 is 0. The summed E-state index contributed by atoms with van der Waals surface area (Å²) in [7, 11) is 0. The van der Waals surface area contributed by atoms with Gasteiger partial charge in [0.2, 0.25) is 5.82 Å². The molecule has 10 heteroatoms. The molecular weight excluding hydrogens is 313 g/mol. The molecule has 0 radical (unpaired) electrons. The van der Waals surface area contributed by atoms with Gasteiger partial charge in [0.1, 0.15) is 5.69 Å². The van der Waals surface area contributed by atoms with Gasteiger partial charge in [0, 0.05) is 18.4 Å². The van der Waals surface area contributed by atoms with E-state index < -0.39 is 17.9 Å². The maximum absolute atomic E-state index is 13.3. The van der Waals surface area contributed by atoms with Gasteiger partial charge in [-0.1, -0.05) is 5.16 Å². The first-order valence-electron chi connectivity index (χ1n) is 6.63. The van der Waals surface area contributed by atoms with E-state index in [-0.39, 0.29) is 17.3 Å². The molecule has 0 bridgehead atoms. The minimum atomic E-state index is -4.60. The molecule has 0 aromatic carbocycles. The molecule has 0 amide bonds. The minimum absolute atomic E-state index is 0.0542. The summed E-state index contributed by atoms with van der Waals surface area (Å²) < 4.78 is 45.9. The summed E-state index contributed by atoms with van der Waals surface area (Å²) in [4.78, 5) is 11.8. The quantitative estimate of drug-likeness (QED) is 0.736. The molecule has 0 atom stereocenters. The minimum Gasteiger partial charge on any atom is -0.333 e. The van der Waals surface area contributed by atoms with Gasteiger partial charge >= 0.3 is 6.18 Å². The average Bonchev–Trinajstić information content (AvgIpc) is 3.14. The van der Waals surface area contributed by atoms with Crippen LogP contribution in [-0.2, 0) is 6.18 Å². The lowest BCUT2D eigenvalue weighted by atomic mass is 10.2. The number of hydrogen-bond donors (Lipinski definition) is 0. The van der Waals surface area contributed by atoms with Crippen LogP contribution in [0.4, 0.5) is 13.2 Å². The van der Waals surface area contributed by atoms with E-state index in [9.17, 15) is 13.2 Å². The van der Waals surface area contributed by atoms with Crippen LogP contribution in [0.1, 0.15) is 25.6 Å². The largest absolute Gasteiger partial charge is 0.433 e. The van der Waals surface area contributed by atoms with E-state index in [1.54, 1.807) is 13.8 Å². The Morgan fingerprint density at radius 1 is 1.17 bits per heavy atom. The lowest BCUT2D eigenvalue weighted by Gasteiger charge is -2.14. The Hall–Kier alpha value is -2.78. The van der Waals surface area contributed by atoms with Crippen LogP contribution in [0.15, 0.2) is 29.3 Å². The molecule has 23 heavy (non-hydrogen) atoms. The molecule has 0 N–H and O–H groups in total. The van der Waals surface area contributed by atoms with Crippen LogP contribution in [-0.4, -0.2) is 29.9 Å². The smallest absolute Gasteiger partial charge is 0.333 e. The number of alkyl halides is 3. The summed E-state index contributed by atoms with van der Waals surface area (Å²) in [6.45, 7) is 3.20. The predicted molar refractivity (Wildman–Crippen MR) is 71.9 cm³/mol. The normalized spacial score (nSPS) is 12.1. The summed E-state index contributed by atoms with van der Waals surface area (Å²) in [6, 6.07) is -0.470. The van der Waals surface area contributed by atoms with E-state index in [4.69, 9.17) is 4.52 Å². The van der Waals surface area contributed by atoms with Crippen molar-refractivity contribution >= 4 is 0 Å². The van der Waals surface area contributed by atoms with Gasteiger partial charge in [0.05, 0.1) is 18.0 Å². The second-order valence-corrected chi connectivity index (χ2v) is 4.96. The van der Waals surface area contributed by atoms with Gasteiger partial charge in [0.15, 0.2) is 5.69 Å². The highest BCUT2D eigenvalue weighted by Crippen LogP contribution is 2.38. The Morgan fingerprint density at radius 3 is 2.57 bits per heavy atom. The highest BCUT2D eigenvalue weighted by Gasteiger charge is 2.40. The third-order valence-corrected chi connectivity index (χ3v) is 3.00. The third-order valence-electron chi connectivity index (χ3n) is 3.00. The highest BCUT2D eigenvalue weighted by molar-refractivity contribution is 5.59. The van der Waals surface area contributed by atoms with Crippen molar-refractivity contribution in [2.75, 3.05) is 0 Å². The highest BCUT2D eigenvalue weighted by atomic mass is 19.4. The fourth-order valence-corrected chi connectivity index (χ4v) is 2.04.